The van der Waals surface area contributed by atoms with Gasteiger partial charge in [0.2, 0.25) is 0 Å². The second-order valence-electron chi connectivity index (χ2n) is 4.01. The quantitative estimate of drug-likeness (QED) is 0.398. The van der Waals surface area contributed by atoms with Crippen LogP contribution in [0.2, 0.25) is 0 Å². The van der Waals surface area contributed by atoms with Crippen molar-refractivity contribution in [3.63, 3.8) is 0 Å². The van der Waals surface area contributed by atoms with Gasteiger partial charge in [0, 0.05) is 11.9 Å². The number of hydrogen-bond acceptors (Lipinski definition) is 4. The molecule has 2 rings (SSSR count). The SMILES string of the molecule is CC(C=O)=CC1=NN(C)S(c2ccc(O)cc2)=C1Br. The van der Waals surface area contributed by atoms with E-state index in [4.69, 9.17) is 0 Å². The summed E-state index contributed by atoms with van der Waals surface area (Å²) in [4.78, 5) is 11.7. The second kappa shape index (κ2) is 5.71. The zero-order valence-corrected chi connectivity index (χ0v) is 12.9. The van der Waals surface area contributed by atoms with Crippen molar-refractivity contribution in [1.82, 2.24) is 4.41 Å². The lowest BCUT2D eigenvalue weighted by Crippen LogP contribution is -2.00. The second-order valence-corrected chi connectivity index (χ2v) is 7.30. The summed E-state index contributed by atoms with van der Waals surface area (Å²) in [7, 11) is 1.54. The Hall–Kier alpha value is -1.40. The summed E-state index contributed by atoms with van der Waals surface area (Å²) in [5.74, 6) is 0.239. The minimum Gasteiger partial charge on any atom is -0.508 e. The van der Waals surface area contributed by atoms with Crippen molar-refractivity contribution >= 4 is 42.4 Å². The van der Waals surface area contributed by atoms with Crippen molar-refractivity contribution in [1.29, 1.82) is 0 Å². The molecule has 0 spiro atoms. The Morgan fingerprint density at radius 2 is 2.05 bits per heavy atom. The van der Waals surface area contributed by atoms with Crippen LogP contribution in [0.1, 0.15) is 6.92 Å². The number of halogens is 1. The number of hydrogen-bond donors (Lipinski definition) is 1. The first-order valence-electron chi connectivity index (χ1n) is 5.55. The molecule has 0 radical (unpaired) electrons. The average molecular weight is 341 g/mol. The van der Waals surface area contributed by atoms with Gasteiger partial charge >= 0.3 is 0 Å². The normalized spacial score (nSPS) is 19.6. The van der Waals surface area contributed by atoms with Crippen LogP contribution < -0.4 is 0 Å². The third-order valence-corrected chi connectivity index (χ3v) is 5.70. The standard InChI is InChI=1S/C13H13BrN2O2S/c1-9(8-17)7-12-13(14)19(16(2)15-12)11-5-3-10(18)4-6-11/h3-8,18H,1-2H3. The number of allylic oxidation sites excluding steroid dienone is 2. The maximum atomic E-state index is 10.7. The van der Waals surface area contributed by atoms with Gasteiger partial charge in [-0.1, -0.05) is 0 Å². The molecule has 100 valence electrons. The Morgan fingerprint density at radius 1 is 1.42 bits per heavy atom. The molecule has 1 aliphatic heterocycles. The lowest BCUT2D eigenvalue weighted by atomic mass is 10.2. The summed E-state index contributed by atoms with van der Waals surface area (Å²) in [6, 6.07) is 7.04. The van der Waals surface area contributed by atoms with E-state index >= 15 is 0 Å². The van der Waals surface area contributed by atoms with Crippen molar-refractivity contribution in [3.05, 3.63) is 35.9 Å². The lowest BCUT2D eigenvalue weighted by Gasteiger charge is -2.14. The zero-order chi connectivity index (χ0) is 14.0. The van der Waals surface area contributed by atoms with Gasteiger partial charge < -0.3 is 5.11 Å². The van der Waals surface area contributed by atoms with Gasteiger partial charge in [-0.05, 0) is 69.4 Å². The third-order valence-electron chi connectivity index (χ3n) is 2.49. The molecule has 0 saturated carbocycles. The molecule has 1 heterocycles. The summed E-state index contributed by atoms with van der Waals surface area (Å²) in [6.07, 6.45) is 2.56. The van der Waals surface area contributed by atoms with Gasteiger partial charge in [-0.3, -0.25) is 4.79 Å². The van der Waals surface area contributed by atoms with Crippen LogP contribution in [0.25, 0.3) is 0 Å². The molecule has 1 aromatic rings. The molecule has 1 aliphatic rings. The molecule has 1 atom stereocenters. The first-order chi connectivity index (χ1) is 9.02. The van der Waals surface area contributed by atoms with Crippen LogP contribution >= 0.6 is 26.6 Å². The van der Waals surface area contributed by atoms with Crippen molar-refractivity contribution < 1.29 is 9.90 Å². The Morgan fingerprint density at radius 3 is 2.63 bits per heavy atom. The largest absolute Gasteiger partial charge is 0.508 e. The van der Waals surface area contributed by atoms with Gasteiger partial charge in [-0.15, -0.1) is 0 Å². The monoisotopic (exact) mass is 340 g/mol. The minimum absolute atomic E-state index is 0.239. The lowest BCUT2D eigenvalue weighted by molar-refractivity contribution is -0.104. The first-order valence-corrected chi connectivity index (χ1v) is 7.52. The highest BCUT2D eigenvalue weighted by Crippen LogP contribution is 2.38. The number of carbonyl (C=O) groups is 1. The van der Waals surface area contributed by atoms with Gasteiger partial charge in [0.25, 0.3) is 0 Å². The van der Waals surface area contributed by atoms with E-state index in [-0.39, 0.29) is 16.4 Å². The Kier molecular flexibility index (Phi) is 4.21. The van der Waals surface area contributed by atoms with E-state index in [9.17, 15) is 9.90 Å². The summed E-state index contributed by atoms with van der Waals surface area (Å²) in [6.45, 7) is 1.74. The van der Waals surface area contributed by atoms with Crippen molar-refractivity contribution in [2.24, 2.45) is 5.10 Å². The Bertz CT molecular complexity index is 606. The van der Waals surface area contributed by atoms with E-state index in [0.717, 1.165) is 20.7 Å². The number of benzene rings is 1. The molecule has 0 aliphatic carbocycles. The Labute approximate surface area is 122 Å². The topological polar surface area (TPSA) is 52.9 Å². The predicted molar refractivity (Wildman–Crippen MR) is 82.9 cm³/mol. The van der Waals surface area contributed by atoms with Crippen molar-refractivity contribution in [2.45, 2.75) is 11.8 Å². The molecule has 0 bridgehead atoms. The number of phenolic OH excluding ortho intramolecular Hbond substituents is 1. The molecular formula is C13H13BrN2O2S. The van der Waals surface area contributed by atoms with Gasteiger partial charge in [-0.25, -0.2) is 4.41 Å². The average Bonchev–Trinajstić information content (AvgIpc) is 2.66. The highest BCUT2D eigenvalue weighted by Gasteiger charge is 2.21. The van der Waals surface area contributed by atoms with Crippen molar-refractivity contribution in [3.8, 4) is 5.75 Å². The smallest absolute Gasteiger partial charge is 0.145 e. The molecule has 1 N–H and O–H groups in total. The molecule has 4 nitrogen and oxygen atoms in total. The molecule has 6 heteroatoms. The number of aldehydes is 1. The van der Waals surface area contributed by atoms with E-state index in [1.54, 1.807) is 25.1 Å². The molecule has 19 heavy (non-hydrogen) atoms. The highest BCUT2D eigenvalue weighted by molar-refractivity contribution is 9.21. The molecule has 1 aromatic carbocycles. The maximum absolute atomic E-state index is 10.7. The number of carbonyl (C=O) groups excluding carboxylic acids is 1. The predicted octanol–water partition coefficient (Wildman–Crippen LogP) is 2.91. The minimum atomic E-state index is -0.346. The molecule has 0 fully saturated rings. The van der Waals surface area contributed by atoms with Crippen LogP contribution in [0, 0.1) is 0 Å². The van der Waals surface area contributed by atoms with E-state index in [1.165, 1.54) is 0 Å². The number of rotatable bonds is 3. The number of nitrogens with zero attached hydrogens (tertiary/aromatic N) is 2. The fourth-order valence-corrected chi connectivity index (χ4v) is 4.60. The number of phenols is 1. The summed E-state index contributed by atoms with van der Waals surface area (Å²) >= 11 is 3.56. The molecule has 0 saturated heterocycles. The molecule has 0 aromatic heterocycles. The fourth-order valence-electron chi connectivity index (χ4n) is 1.61. The fraction of sp³-hybridized carbons (Fsp3) is 0.154. The Balaban J connectivity index is 2.42. The van der Waals surface area contributed by atoms with Crippen LogP contribution in [0.15, 0.2) is 45.9 Å². The van der Waals surface area contributed by atoms with Crippen molar-refractivity contribution in [2.75, 3.05) is 7.05 Å². The summed E-state index contributed by atoms with van der Waals surface area (Å²) in [5, 5.41) is 13.7. The number of hydrazone groups is 1. The van der Waals surface area contributed by atoms with E-state index in [2.05, 4.69) is 21.0 Å². The van der Waals surface area contributed by atoms with Gasteiger partial charge in [0.15, 0.2) is 0 Å². The maximum Gasteiger partial charge on any atom is 0.145 e. The molecule has 0 amide bonds. The number of aromatic hydroxyl groups is 1. The van der Waals surface area contributed by atoms with E-state index < -0.39 is 0 Å². The van der Waals surface area contributed by atoms with Gasteiger partial charge in [0.05, 0.1) is 3.77 Å². The van der Waals surface area contributed by atoms with Crippen LogP contribution in [0.3, 0.4) is 0 Å². The van der Waals surface area contributed by atoms with Crippen LogP contribution in [-0.2, 0) is 4.79 Å². The summed E-state index contributed by atoms with van der Waals surface area (Å²) < 4.78 is 2.78. The van der Waals surface area contributed by atoms with Crippen LogP contribution in [0.4, 0.5) is 0 Å². The molecular weight excluding hydrogens is 328 g/mol. The molecule has 1 unspecified atom stereocenters. The van der Waals surface area contributed by atoms with Crippen LogP contribution in [-0.4, -0.2) is 32.3 Å². The van der Waals surface area contributed by atoms with Gasteiger partial charge in [0.1, 0.15) is 17.7 Å². The van der Waals surface area contributed by atoms with Gasteiger partial charge in [-0.2, -0.15) is 5.10 Å². The zero-order valence-electron chi connectivity index (χ0n) is 10.5. The highest BCUT2D eigenvalue weighted by atomic mass is 79.9. The van der Waals surface area contributed by atoms with E-state index in [0.29, 0.717) is 5.57 Å². The third kappa shape index (κ3) is 2.96. The van der Waals surface area contributed by atoms with E-state index in [1.807, 2.05) is 23.6 Å². The van der Waals surface area contributed by atoms with Crippen LogP contribution in [0.5, 0.6) is 5.75 Å². The first kappa shape index (κ1) is 14.0. The summed E-state index contributed by atoms with van der Waals surface area (Å²) in [5.41, 5.74) is 1.38.